The third kappa shape index (κ3) is 6.86. The lowest BCUT2D eigenvalue weighted by atomic mass is 9.92. The molecule has 2 aromatic carbocycles. The Kier molecular flexibility index (Phi) is 8.92. The van der Waals surface area contributed by atoms with Gasteiger partial charge in [0.25, 0.3) is 0 Å². The topological polar surface area (TPSA) is 52.7 Å². The molecular formula is C24H22F11N3O2S. The predicted octanol–water partition coefficient (Wildman–Crippen LogP) is 6.76. The molecule has 1 saturated heterocycles. The van der Waals surface area contributed by atoms with Crippen LogP contribution in [0.25, 0.3) is 0 Å². The molecule has 0 aliphatic carbocycles. The molecule has 1 heterocycles. The van der Waals surface area contributed by atoms with Gasteiger partial charge in [-0.25, -0.2) is 13.6 Å². The zero-order chi connectivity index (χ0) is 31.1. The Balaban J connectivity index is 1.72. The highest BCUT2D eigenvalue weighted by atomic mass is 32.2. The van der Waals surface area contributed by atoms with Crippen LogP contribution in [0, 0.1) is 19.7 Å². The van der Waals surface area contributed by atoms with E-state index in [1.165, 1.54) is 16.7 Å². The molecule has 0 radical (unpaired) electrons. The number of amides is 2. The smallest absolute Gasteiger partial charge is 0.366 e. The average molecular weight is 626 g/mol. The molecule has 1 aliphatic heterocycles. The Morgan fingerprint density at radius 2 is 1.41 bits per heavy atom. The Bertz CT molecular complexity index is 1300. The lowest BCUT2D eigenvalue weighted by molar-refractivity contribution is -0.348. The molecule has 1 atom stereocenters. The van der Waals surface area contributed by atoms with Crippen molar-refractivity contribution in [2.75, 3.05) is 42.1 Å². The van der Waals surface area contributed by atoms with Crippen LogP contribution in [0.5, 0.6) is 0 Å². The minimum absolute atomic E-state index is 0.0157. The molecule has 5 nitrogen and oxygen atoms in total. The van der Waals surface area contributed by atoms with Crippen LogP contribution in [0.4, 0.5) is 64.5 Å². The number of nitrogens with one attached hydrogen (secondary N) is 1. The lowest BCUT2D eigenvalue weighted by Crippen LogP contribution is -2.50. The van der Waals surface area contributed by atoms with Gasteiger partial charge >= 0.3 is 30.2 Å². The highest BCUT2D eigenvalue weighted by molar-refractivity contribution is 7.85. The Hall–Kier alpha value is -3.11. The van der Waals surface area contributed by atoms with Gasteiger partial charge in [0.1, 0.15) is 11.6 Å². The van der Waals surface area contributed by atoms with Gasteiger partial charge in [-0.05, 0) is 43.2 Å². The molecule has 1 unspecified atom stereocenters. The number of carbonyl (C=O) groups excluding carboxylic acids is 1. The molecule has 17 heteroatoms. The maximum Gasteiger partial charge on any atom is 0.435 e. The number of alkyl halides is 10. The predicted molar refractivity (Wildman–Crippen MR) is 127 cm³/mol. The molecule has 0 aromatic heterocycles. The van der Waals surface area contributed by atoms with E-state index >= 15 is 0 Å². The first-order valence-electron chi connectivity index (χ1n) is 11.7. The van der Waals surface area contributed by atoms with E-state index in [0.29, 0.717) is 12.1 Å². The second-order valence-electron chi connectivity index (χ2n) is 9.26. The van der Waals surface area contributed by atoms with Crippen LogP contribution in [0.15, 0.2) is 35.2 Å². The first-order valence-corrected chi connectivity index (χ1v) is 13.0. The zero-order valence-electron chi connectivity index (χ0n) is 21.2. The molecule has 2 amide bonds. The van der Waals surface area contributed by atoms with Gasteiger partial charge in [0.05, 0.1) is 16.5 Å². The van der Waals surface area contributed by atoms with E-state index < -0.39 is 58.2 Å². The summed E-state index contributed by atoms with van der Waals surface area (Å²) in [5.41, 5.74) is -7.88. The van der Waals surface area contributed by atoms with Crippen LogP contribution in [0.3, 0.4) is 0 Å². The molecule has 0 spiro atoms. The number of carbonyl (C=O) groups is 1. The van der Waals surface area contributed by atoms with Crippen LogP contribution in [-0.4, -0.2) is 65.6 Å². The van der Waals surface area contributed by atoms with Gasteiger partial charge in [-0.1, -0.05) is 12.1 Å². The van der Waals surface area contributed by atoms with E-state index in [1.54, 1.807) is 0 Å². The van der Waals surface area contributed by atoms with Crippen molar-refractivity contribution in [2.24, 2.45) is 0 Å². The molecular weight excluding hydrogens is 603 g/mol. The fourth-order valence-corrected chi connectivity index (χ4v) is 5.32. The van der Waals surface area contributed by atoms with Crippen molar-refractivity contribution >= 4 is 28.2 Å². The molecule has 1 fully saturated rings. The molecule has 3 rings (SSSR count). The van der Waals surface area contributed by atoms with Crippen molar-refractivity contribution in [1.29, 1.82) is 0 Å². The molecule has 41 heavy (non-hydrogen) atoms. The van der Waals surface area contributed by atoms with E-state index in [-0.39, 0.29) is 59.6 Å². The lowest BCUT2D eigenvalue weighted by Gasteiger charge is -2.36. The summed E-state index contributed by atoms with van der Waals surface area (Å²) in [6.07, 6.45) is -17.3. The number of nitrogens with zero attached hydrogens (tertiary/aromatic N) is 2. The monoisotopic (exact) mass is 625 g/mol. The summed E-state index contributed by atoms with van der Waals surface area (Å²) in [7, 11) is -2.49. The highest BCUT2D eigenvalue weighted by Crippen LogP contribution is 2.53. The van der Waals surface area contributed by atoms with E-state index in [4.69, 9.17) is 0 Å². The summed E-state index contributed by atoms with van der Waals surface area (Å²) in [5.74, 6) is -2.41. The minimum Gasteiger partial charge on any atom is -0.366 e. The van der Waals surface area contributed by atoms with E-state index in [0.717, 1.165) is 19.1 Å². The van der Waals surface area contributed by atoms with Gasteiger partial charge in [0.15, 0.2) is 0 Å². The quantitative estimate of drug-likeness (QED) is 0.374. The third-order valence-corrected chi connectivity index (χ3v) is 7.86. The first-order chi connectivity index (χ1) is 18.7. The maximum atomic E-state index is 14.6. The fourth-order valence-electron chi connectivity index (χ4n) is 4.21. The van der Waals surface area contributed by atoms with E-state index in [1.807, 2.05) is 0 Å². The van der Waals surface area contributed by atoms with Gasteiger partial charge in [-0.15, -0.1) is 0 Å². The number of halogens is 11. The Morgan fingerprint density at radius 1 is 0.854 bits per heavy atom. The van der Waals surface area contributed by atoms with Crippen molar-refractivity contribution < 1.29 is 57.3 Å². The fraction of sp³-hybridized carbons (Fsp3) is 0.458. The number of aryl methyl sites for hydroxylation is 2. The molecule has 228 valence electrons. The summed E-state index contributed by atoms with van der Waals surface area (Å²) in [6, 6.07) is 2.50. The molecule has 1 N–H and O–H groups in total. The van der Waals surface area contributed by atoms with Crippen molar-refractivity contribution in [3.05, 3.63) is 52.8 Å². The van der Waals surface area contributed by atoms with Crippen molar-refractivity contribution in [3.63, 3.8) is 0 Å². The molecule has 1 aliphatic rings. The largest absolute Gasteiger partial charge is 0.435 e. The number of rotatable bonds is 5. The normalized spacial score (nSPS) is 16.1. The highest BCUT2D eigenvalue weighted by Gasteiger charge is 2.73. The van der Waals surface area contributed by atoms with Crippen molar-refractivity contribution in [2.45, 2.75) is 42.9 Å². The minimum atomic E-state index is -6.30. The van der Waals surface area contributed by atoms with Crippen LogP contribution >= 0.6 is 0 Å². The van der Waals surface area contributed by atoms with Crippen LogP contribution in [-0.2, 0) is 16.5 Å². The van der Waals surface area contributed by atoms with Crippen LogP contribution in [0.2, 0.25) is 0 Å². The summed E-state index contributed by atoms with van der Waals surface area (Å²) in [5, 5.41) is 2.32. The second kappa shape index (κ2) is 11.3. The number of urea groups is 1. The van der Waals surface area contributed by atoms with Crippen molar-refractivity contribution in [1.82, 2.24) is 4.90 Å². The number of benzene rings is 2. The van der Waals surface area contributed by atoms with Gasteiger partial charge in [0, 0.05) is 42.3 Å². The number of hydrogen-bond acceptors (Lipinski definition) is 3. The molecule has 0 bridgehead atoms. The Labute approximate surface area is 228 Å². The van der Waals surface area contributed by atoms with Crippen LogP contribution in [0.1, 0.15) is 16.7 Å². The van der Waals surface area contributed by atoms with E-state index in [2.05, 4.69) is 5.32 Å². The zero-order valence-corrected chi connectivity index (χ0v) is 22.0. The maximum absolute atomic E-state index is 14.6. The van der Waals surface area contributed by atoms with Crippen molar-refractivity contribution in [3.8, 4) is 0 Å². The van der Waals surface area contributed by atoms with Gasteiger partial charge in [-0.3, -0.25) is 4.21 Å². The number of anilines is 2. The summed E-state index contributed by atoms with van der Waals surface area (Å²) in [4.78, 5) is 15.1. The molecule has 2 aromatic rings. The van der Waals surface area contributed by atoms with Gasteiger partial charge in [0.2, 0.25) is 0 Å². The number of hydrogen-bond donors (Lipinski definition) is 1. The summed E-state index contributed by atoms with van der Waals surface area (Å²) < 4.78 is 157. The molecule has 0 saturated carbocycles. The summed E-state index contributed by atoms with van der Waals surface area (Å²) in [6.45, 7) is 2.23. The average Bonchev–Trinajstić information content (AvgIpc) is 2.82. The first kappa shape index (κ1) is 32.4. The number of piperazine rings is 1. The third-order valence-electron chi connectivity index (χ3n) is 6.34. The van der Waals surface area contributed by atoms with E-state index in [9.17, 15) is 57.3 Å². The SMILES string of the molecule is Cc1cc(C(F)(C(F)(F)F)C(F)(F)F)ccc1NC(=O)N1CCN(c2cc(S(=O)CC(F)(F)F)c(C)cc2F)CC1. The van der Waals surface area contributed by atoms with Crippen LogP contribution < -0.4 is 10.2 Å². The van der Waals surface area contributed by atoms with Gasteiger partial charge in [-0.2, -0.15) is 39.5 Å². The standard InChI is InChI=1S/C24H22F11N3O2S/c1-13-9-15(22(29,23(30,31)32)24(33,34)35)3-4-17(13)36-20(39)38-7-5-37(6-8-38)18-11-19(14(2)10-16(18)25)41(40)12-21(26,27)28/h3-4,9-11H,5-8,12H2,1-2H3,(H,36,39). The summed E-state index contributed by atoms with van der Waals surface area (Å²) >= 11 is 0. The van der Waals surface area contributed by atoms with Gasteiger partial charge < -0.3 is 15.1 Å². The second-order valence-corrected chi connectivity index (χ2v) is 10.7. The Morgan fingerprint density at radius 3 is 1.90 bits per heavy atom.